The summed E-state index contributed by atoms with van der Waals surface area (Å²) in [5.74, 6) is 0. The van der Waals surface area contributed by atoms with E-state index in [9.17, 15) is 9.90 Å². The van der Waals surface area contributed by atoms with Crippen molar-refractivity contribution in [2.75, 3.05) is 6.61 Å². The molecule has 5 nitrogen and oxygen atoms in total. The summed E-state index contributed by atoms with van der Waals surface area (Å²) in [7, 11) is 0. The van der Waals surface area contributed by atoms with Gasteiger partial charge >= 0.3 is 6.09 Å². The normalized spacial score (nSPS) is 34.0. The Balaban J connectivity index is 2.03. The lowest BCUT2D eigenvalue weighted by molar-refractivity contribution is -0.0486. The fraction of sp³-hybridized carbons (Fsp3) is 0.909. The molecule has 2 heterocycles. The van der Waals surface area contributed by atoms with E-state index in [-0.39, 0.29) is 24.5 Å². The maximum Gasteiger partial charge on any atom is 0.412 e. The van der Waals surface area contributed by atoms with Crippen molar-refractivity contribution in [1.29, 1.82) is 0 Å². The van der Waals surface area contributed by atoms with Crippen molar-refractivity contribution in [1.82, 2.24) is 4.90 Å². The van der Waals surface area contributed by atoms with Gasteiger partial charge in [-0.15, -0.1) is 0 Å². The summed E-state index contributed by atoms with van der Waals surface area (Å²) >= 11 is 0. The van der Waals surface area contributed by atoms with Crippen molar-refractivity contribution >= 4 is 6.09 Å². The Bertz CT molecular complexity index is 272. The van der Waals surface area contributed by atoms with Crippen LogP contribution in [0.3, 0.4) is 0 Å². The van der Waals surface area contributed by atoms with Crippen LogP contribution in [0.2, 0.25) is 0 Å². The van der Waals surface area contributed by atoms with Gasteiger partial charge in [0.25, 0.3) is 0 Å². The molecule has 92 valence electrons. The van der Waals surface area contributed by atoms with E-state index >= 15 is 0 Å². The highest BCUT2D eigenvalue weighted by Crippen LogP contribution is 2.31. The molecule has 0 saturated carbocycles. The molecule has 3 atom stereocenters. The summed E-state index contributed by atoms with van der Waals surface area (Å²) in [6.45, 7) is 6.02. The predicted molar refractivity (Wildman–Crippen MR) is 56.8 cm³/mol. The van der Waals surface area contributed by atoms with Crippen LogP contribution in [0, 0.1) is 0 Å². The monoisotopic (exact) mass is 229 g/mol. The number of amides is 1. The highest BCUT2D eigenvalue weighted by Gasteiger charge is 2.45. The Kier molecular flexibility index (Phi) is 2.84. The lowest BCUT2D eigenvalue weighted by atomic mass is 10.0. The summed E-state index contributed by atoms with van der Waals surface area (Å²) in [4.78, 5) is 13.5. The summed E-state index contributed by atoms with van der Waals surface area (Å²) in [6.07, 6.45) is 0.0394. The third-order valence-corrected chi connectivity index (χ3v) is 2.81. The van der Waals surface area contributed by atoms with Crippen LogP contribution in [-0.4, -0.2) is 46.7 Å². The van der Waals surface area contributed by atoms with Crippen LogP contribution in [-0.2, 0) is 9.47 Å². The van der Waals surface area contributed by atoms with E-state index in [4.69, 9.17) is 9.47 Å². The Morgan fingerprint density at radius 1 is 1.44 bits per heavy atom. The van der Waals surface area contributed by atoms with E-state index < -0.39 is 5.60 Å². The second kappa shape index (κ2) is 3.89. The molecule has 0 aromatic heterocycles. The van der Waals surface area contributed by atoms with Gasteiger partial charge in [0.2, 0.25) is 0 Å². The van der Waals surface area contributed by atoms with Gasteiger partial charge in [0, 0.05) is 6.42 Å². The topological polar surface area (TPSA) is 59.0 Å². The maximum atomic E-state index is 11.9. The van der Waals surface area contributed by atoms with Gasteiger partial charge in [-0.2, -0.15) is 0 Å². The van der Waals surface area contributed by atoms with Gasteiger partial charge in [0.1, 0.15) is 11.8 Å². The van der Waals surface area contributed by atoms with Crippen LogP contribution >= 0.6 is 0 Å². The summed E-state index contributed by atoms with van der Waals surface area (Å²) in [5, 5.41) is 9.56. The van der Waals surface area contributed by atoms with Crippen molar-refractivity contribution in [3.63, 3.8) is 0 Å². The number of ether oxygens (including phenoxy) is 2. The van der Waals surface area contributed by atoms with Crippen LogP contribution in [0.1, 0.15) is 33.6 Å². The lowest BCUT2D eigenvalue weighted by Gasteiger charge is -2.35. The van der Waals surface area contributed by atoms with Gasteiger partial charge in [-0.3, -0.25) is 4.90 Å². The second-order valence-electron chi connectivity index (χ2n) is 5.45. The number of nitrogens with zero attached hydrogens (tertiary/aromatic N) is 1. The van der Waals surface area contributed by atoms with Gasteiger partial charge in [0.15, 0.2) is 0 Å². The summed E-state index contributed by atoms with van der Waals surface area (Å²) < 4.78 is 10.8. The molecular formula is C11H19NO4. The van der Waals surface area contributed by atoms with Crippen molar-refractivity contribution in [2.45, 2.75) is 57.6 Å². The zero-order valence-corrected chi connectivity index (χ0v) is 9.97. The maximum absolute atomic E-state index is 11.9. The smallest absolute Gasteiger partial charge is 0.412 e. The SMILES string of the molecule is CC(C)(C)OC(=O)N1C2COC1CC(O)C2. The van der Waals surface area contributed by atoms with Gasteiger partial charge in [-0.05, 0) is 27.2 Å². The molecule has 2 fully saturated rings. The number of rotatable bonds is 0. The number of aliphatic hydroxyl groups is 1. The molecule has 3 unspecified atom stereocenters. The minimum atomic E-state index is -0.493. The molecule has 1 N–H and O–H groups in total. The molecule has 2 bridgehead atoms. The Hall–Kier alpha value is -0.810. The number of carbonyl (C=O) groups is 1. The Morgan fingerprint density at radius 3 is 2.69 bits per heavy atom. The third-order valence-electron chi connectivity index (χ3n) is 2.81. The molecule has 2 aliphatic rings. The molecule has 0 aromatic rings. The van der Waals surface area contributed by atoms with Gasteiger partial charge in [0.05, 0.1) is 18.8 Å². The van der Waals surface area contributed by atoms with Crippen molar-refractivity contribution < 1.29 is 19.4 Å². The van der Waals surface area contributed by atoms with Gasteiger partial charge in [-0.1, -0.05) is 0 Å². The fourth-order valence-electron chi connectivity index (χ4n) is 2.21. The molecule has 1 amide bonds. The van der Waals surface area contributed by atoms with Crippen LogP contribution in [0.15, 0.2) is 0 Å². The highest BCUT2D eigenvalue weighted by atomic mass is 16.6. The minimum Gasteiger partial charge on any atom is -0.444 e. The van der Waals surface area contributed by atoms with E-state index in [0.717, 1.165) is 0 Å². The van der Waals surface area contributed by atoms with E-state index in [1.54, 1.807) is 4.90 Å². The van der Waals surface area contributed by atoms with Crippen molar-refractivity contribution in [3.8, 4) is 0 Å². The predicted octanol–water partition coefficient (Wildman–Crippen LogP) is 1.10. The zero-order chi connectivity index (χ0) is 11.9. The number of hydrogen-bond donors (Lipinski definition) is 1. The average Bonchev–Trinajstić information content (AvgIpc) is 2.36. The second-order valence-corrected chi connectivity index (χ2v) is 5.45. The molecule has 0 spiro atoms. The molecule has 5 heteroatoms. The van der Waals surface area contributed by atoms with E-state index in [1.165, 1.54) is 0 Å². The molecule has 2 saturated heterocycles. The summed E-state index contributed by atoms with van der Waals surface area (Å²) in [6, 6.07) is -0.0383. The number of hydrogen-bond acceptors (Lipinski definition) is 4. The molecule has 0 radical (unpaired) electrons. The van der Waals surface area contributed by atoms with Crippen LogP contribution in [0.25, 0.3) is 0 Å². The number of fused-ring (bicyclic) bond motifs is 2. The van der Waals surface area contributed by atoms with E-state index in [1.807, 2.05) is 20.8 Å². The Labute approximate surface area is 95.3 Å². The quantitative estimate of drug-likeness (QED) is 0.676. The Morgan fingerprint density at radius 2 is 2.12 bits per heavy atom. The summed E-state index contributed by atoms with van der Waals surface area (Å²) in [5.41, 5.74) is -0.493. The van der Waals surface area contributed by atoms with Crippen molar-refractivity contribution in [2.24, 2.45) is 0 Å². The number of carbonyl (C=O) groups excluding carboxylic acids is 1. The minimum absolute atomic E-state index is 0.0383. The first kappa shape index (κ1) is 11.7. The van der Waals surface area contributed by atoms with Crippen LogP contribution in [0.5, 0.6) is 0 Å². The average molecular weight is 229 g/mol. The van der Waals surface area contributed by atoms with E-state index in [0.29, 0.717) is 19.4 Å². The number of aliphatic hydroxyl groups excluding tert-OH is 1. The first-order chi connectivity index (χ1) is 7.37. The first-order valence-corrected chi connectivity index (χ1v) is 5.68. The third kappa shape index (κ3) is 2.30. The number of piperidine rings is 1. The van der Waals surface area contributed by atoms with Crippen LogP contribution in [0.4, 0.5) is 4.79 Å². The molecule has 16 heavy (non-hydrogen) atoms. The molecule has 2 aliphatic heterocycles. The lowest BCUT2D eigenvalue weighted by Crippen LogP contribution is -2.50. The van der Waals surface area contributed by atoms with Crippen molar-refractivity contribution in [3.05, 3.63) is 0 Å². The van der Waals surface area contributed by atoms with Gasteiger partial charge in [-0.25, -0.2) is 4.79 Å². The first-order valence-electron chi connectivity index (χ1n) is 5.68. The standard InChI is InChI=1S/C11H19NO4/c1-11(2,3)16-10(14)12-7-4-8(13)5-9(12)15-6-7/h7-9,13H,4-6H2,1-3H3. The zero-order valence-electron chi connectivity index (χ0n) is 9.97. The molecular weight excluding hydrogens is 210 g/mol. The molecule has 0 aliphatic carbocycles. The molecule has 0 aromatic carbocycles. The molecule has 2 rings (SSSR count). The highest BCUT2D eigenvalue weighted by molar-refractivity contribution is 5.69. The largest absolute Gasteiger partial charge is 0.444 e. The van der Waals surface area contributed by atoms with E-state index in [2.05, 4.69) is 0 Å². The van der Waals surface area contributed by atoms with Crippen LogP contribution < -0.4 is 0 Å². The van der Waals surface area contributed by atoms with Gasteiger partial charge < -0.3 is 14.6 Å². The fourth-order valence-corrected chi connectivity index (χ4v) is 2.21.